The van der Waals surface area contributed by atoms with E-state index in [4.69, 9.17) is 0 Å². The molecule has 6 nitrogen and oxygen atoms in total. The minimum atomic E-state index is -4.33. The molecular weight excluding hydrogens is 369 g/mol. The zero-order chi connectivity index (χ0) is 19.9. The first-order valence-corrected chi connectivity index (χ1v) is 9.25. The summed E-state index contributed by atoms with van der Waals surface area (Å²) in [6, 6.07) is 5.52. The Balaban J connectivity index is 1.59. The molecule has 0 amide bonds. The number of benzene rings is 1. The van der Waals surface area contributed by atoms with Crippen LogP contribution in [0, 0.1) is 6.92 Å². The molecule has 1 aliphatic rings. The van der Waals surface area contributed by atoms with Gasteiger partial charge in [0.25, 0.3) is 5.78 Å². The predicted molar refractivity (Wildman–Crippen MR) is 101 cm³/mol. The number of piperazine rings is 1. The molecule has 0 radical (unpaired) electrons. The van der Waals surface area contributed by atoms with Crippen LogP contribution in [0.2, 0.25) is 0 Å². The standard InChI is InChI=1S/C19H21F3N6/c1-3-16-13(2)25-18-23-12-24-28(18)17(16)27-9-7-26(8-10-27)15-6-4-5-14(11-15)19(20,21)22/h4-6,11-12H,3,7-10H2,1-2H3. The largest absolute Gasteiger partial charge is 0.416 e. The summed E-state index contributed by atoms with van der Waals surface area (Å²) in [6.07, 6.45) is -2.03. The van der Waals surface area contributed by atoms with E-state index in [0.29, 0.717) is 37.6 Å². The van der Waals surface area contributed by atoms with Crippen LogP contribution in [0.4, 0.5) is 24.7 Å². The predicted octanol–water partition coefficient (Wildman–Crippen LogP) is 3.34. The lowest BCUT2D eigenvalue weighted by molar-refractivity contribution is -0.137. The van der Waals surface area contributed by atoms with Crippen molar-refractivity contribution in [3.05, 3.63) is 47.4 Å². The minimum absolute atomic E-state index is 0.560. The van der Waals surface area contributed by atoms with E-state index in [1.807, 2.05) is 11.8 Å². The van der Waals surface area contributed by atoms with Crippen molar-refractivity contribution in [1.29, 1.82) is 0 Å². The molecule has 9 heteroatoms. The molecule has 4 rings (SSSR count). The van der Waals surface area contributed by atoms with Crippen LogP contribution in [-0.2, 0) is 12.6 Å². The molecule has 1 fully saturated rings. The zero-order valence-electron chi connectivity index (χ0n) is 15.7. The number of hydrogen-bond acceptors (Lipinski definition) is 5. The van der Waals surface area contributed by atoms with Crippen molar-refractivity contribution in [3.8, 4) is 0 Å². The van der Waals surface area contributed by atoms with Gasteiger partial charge in [-0.2, -0.15) is 27.8 Å². The van der Waals surface area contributed by atoms with Crippen molar-refractivity contribution in [2.45, 2.75) is 26.4 Å². The Kier molecular flexibility index (Phi) is 4.60. The highest BCUT2D eigenvalue weighted by atomic mass is 19.4. The summed E-state index contributed by atoms with van der Waals surface area (Å²) >= 11 is 0. The van der Waals surface area contributed by atoms with Gasteiger partial charge in [0.05, 0.1) is 5.56 Å². The highest BCUT2D eigenvalue weighted by molar-refractivity contribution is 5.57. The van der Waals surface area contributed by atoms with Crippen LogP contribution in [0.25, 0.3) is 5.78 Å². The third kappa shape index (κ3) is 3.25. The molecule has 3 aromatic rings. The van der Waals surface area contributed by atoms with Crippen molar-refractivity contribution in [2.75, 3.05) is 36.0 Å². The lowest BCUT2D eigenvalue weighted by atomic mass is 10.1. The van der Waals surface area contributed by atoms with Gasteiger partial charge in [-0.3, -0.25) is 0 Å². The third-order valence-electron chi connectivity index (χ3n) is 5.18. The van der Waals surface area contributed by atoms with Gasteiger partial charge in [-0.05, 0) is 31.5 Å². The maximum atomic E-state index is 13.0. The summed E-state index contributed by atoms with van der Waals surface area (Å²) in [5.74, 6) is 1.54. The number of fused-ring (bicyclic) bond motifs is 1. The molecule has 0 spiro atoms. The van der Waals surface area contributed by atoms with Crippen LogP contribution in [0.3, 0.4) is 0 Å². The molecule has 3 heterocycles. The van der Waals surface area contributed by atoms with Gasteiger partial charge in [0.2, 0.25) is 0 Å². The van der Waals surface area contributed by atoms with Gasteiger partial charge in [-0.15, -0.1) is 0 Å². The van der Waals surface area contributed by atoms with Gasteiger partial charge >= 0.3 is 6.18 Å². The van der Waals surface area contributed by atoms with Crippen LogP contribution in [0.5, 0.6) is 0 Å². The van der Waals surface area contributed by atoms with E-state index < -0.39 is 11.7 Å². The third-order valence-corrected chi connectivity index (χ3v) is 5.18. The maximum Gasteiger partial charge on any atom is 0.416 e. The van der Waals surface area contributed by atoms with E-state index in [9.17, 15) is 13.2 Å². The summed E-state index contributed by atoms with van der Waals surface area (Å²) in [7, 11) is 0. The molecule has 0 bridgehead atoms. The minimum Gasteiger partial charge on any atom is -0.368 e. The first-order valence-electron chi connectivity index (χ1n) is 9.25. The van der Waals surface area contributed by atoms with E-state index in [0.717, 1.165) is 29.6 Å². The second-order valence-electron chi connectivity index (χ2n) is 6.85. The molecule has 0 unspecified atom stereocenters. The van der Waals surface area contributed by atoms with E-state index in [-0.39, 0.29) is 0 Å². The highest BCUT2D eigenvalue weighted by Gasteiger charge is 2.31. The summed E-state index contributed by atoms with van der Waals surface area (Å²) in [5.41, 5.74) is 2.03. The average Bonchev–Trinajstić information content (AvgIpc) is 3.14. The fourth-order valence-electron chi connectivity index (χ4n) is 3.76. The smallest absolute Gasteiger partial charge is 0.368 e. The number of halogens is 3. The molecule has 0 saturated carbocycles. The molecule has 0 atom stereocenters. The number of nitrogens with zero attached hydrogens (tertiary/aromatic N) is 6. The average molecular weight is 390 g/mol. The van der Waals surface area contributed by atoms with Crippen LogP contribution < -0.4 is 9.80 Å². The van der Waals surface area contributed by atoms with E-state index in [1.165, 1.54) is 18.5 Å². The molecule has 0 N–H and O–H groups in total. The number of aromatic nitrogens is 4. The van der Waals surface area contributed by atoms with Crippen LogP contribution in [0.1, 0.15) is 23.7 Å². The van der Waals surface area contributed by atoms with Gasteiger partial charge in [0.15, 0.2) is 0 Å². The second kappa shape index (κ2) is 6.96. The van der Waals surface area contributed by atoms with Crippen molar-refractivity contribution in [1.82, 2.24) is 19.6 Å². The van der Waals surface area contributed by atoms with E-state index >= 15 is 0 Å². The number of rotatable bonds is 3. The lowest BCUT2D eigenvalue weighted by Gasteiger charge is -2.38. The normalized spacial score (nSPS) is 15.5. The molecule has 1 aliphatic heterocycles. The Morgan fingerprint density at radius 1 is 1.07 bits per heavy atom. The molecule has 28 heavy (non-hydrogen) atoms. The number of alkyl halides is 3. The van der Waals surface area contributed by atoms with E-state index in [1.54, 1.807) is 10.6 Å². The van der Waals surface area contributed by atoms with Crippen LogP contribution in [0.15, 0.2) is 30.6 Å². The molecule has 1 aromatic carbocycles. The second-order valence-corrected chi connectivity index (χ2v) is 6.85. The zero-order valence-corrected chi connectivity index (χ0v) is 15.7. The monoisotopic (exact) mass is 390 g/mol. The van der Waals surface area contributed by atoms with E-state index in [2.05, 4.69) is 26.9 Å². The van der Waals surface area contributed by atoms with Crippen molar-refractivity contribution in [3.63, 3.8) is 0 Å². The van der Waals surface area contributed by atoms with Crippen molar-refractivity contribution < 1.29 is 13.2 Å². The van der Waals surface area contributed by atoms with Crippen molar-refractivity contribution >= 4 is 17.3 Å². The quantitative estimate of drug-likeness (QED) is 0.687. The van der Waals surface area contributed by atoms with Gasteiger partial charge in [0.1, 0.15) is 12.1 Å². The molecular formula is C19H21F3N6. The Morgan fingerprint density at radius 3 is 2.46 bits per heavy atom. The van der Waals surface area contributed by atoms with Gasteiger partial charge in [-0.25, -0.2) is 4.98 Å². The number of aryl methyl sites for hydroxylation is 1. The van der Waals surface area contributed by atoms with Crippen molar-refractivity contribution in [2.24, 2.45) is 0 Å². The molecule has 2 aromatic heterocycles. The SMILES string of the molecule is CCc1c(C)nc2ncnn2c1N1CCN(c2cccc(C(F)(F)F)c2)CC1. The first kappa shape index (κ1) is 18.5. The maximum absolute atomic E-state index is 13.0. The van der Waals surface area contributed by atoms with Gasteiger partial charge in [0, 0.05) is 43.1 Å². The highest BCUT2D eigenvalue weighted by Crippen LogP contribution is 2.32. The number of hydrogen-bond donors (Lipinski definition) is 0. The van der Waals surface area contributed by atoms with Crippen LogP contribution in [-0.4, -0.2) is 45.8 Å². The topological polar surface area (TPSA) is 49.6 Å². The van der Waals surface area contributed by atoms with Crippen LogP contribution >= 0.6 is 0 Å². The lowest BCUT2D eigenvalue weighted by Crippen LogP contribution is -2.47. The first-order chi connectivity index (χ1) is 13.4. The number of anilines is 2. The van der Waals surface area contributed by atoms with Gasteiger partial charge in [-0.1, -0.05) is 13.0 Å². The molecule has 1 saturated heterocycles. The molecule has 0 aliphatic carbocycles. The Hall–Kier alpha value is -2.84. The Bertz CT molecular complexity index is 989. The molecule has 148 valence electrons. The summed E-state index contributed by atoms with van der Waals surface area (Å²) in [5, 5.41) is 4.32. The fraction of sp³-hybridized carbons (Fsp3) is 0.421. The summed E-state index contributed by atoms with van der Waals surface area (Å²) in [4.78, 5) is 12.9. The summed E-state index contributed by atoms with van der Waals surface area (Å²) in [6.45, 7) is 6.67. The Labute approximate surface area is 160 Å². The Morgan fingerprint density at radius 2 is 1.79 bits per heavy atom. The summed E-state index contributed by atoms with van der Waals surface area (Å²) < 4.78 is 40.8. The van der Waals surface area contributed by atoms with Gasteiger partial charge < -0.3 is 9.80 Å². The fourth-order valence-corrected chi connectivity index (χ4v) is 3.76.